The minimum absolute atomic E-state index is 0.493. The van der Waals surface area contributed by atoms with Gasteiger partial charge >= 0.3 is 0 Å². The van der Waals surface area contributed by atoms with Gasteiger partial charge in [0.1, 0.15) is 5.75 Å². The van der Waals surface area contributed by atoms with Crippen molar-refractivity contribution in [1.82, 2.24) is 5.32 Å². The van der Waals surface area contributed by atoms with E-state index in [1.807, 2.05) is 19.2 Å². The highest BCUT2D eigenvalue weighted by molar-refractivity contribution is 5.33. The van der Waals surface area contributed by atoms with Crippen molar-refractivity contribution in [2.75, 3.05) is 27.3 Å². The van der Waals surface area contributed by atoms with Crippen LogP contribution in [0.2, 0.25) is 0 Å². The third kappa shape index (κ3) is 4.50. The predicted octanol–water partition coefficient (Wildman–Crippen LogP) is 3.03. The Bertz CT molecular complexity index is 388. The van der Waals surface area contributed by atoms with E-state index in [1.54, 1.807) is 7.11 Å². The maximum Gasteiger partial charge on any atom is 0.122 e. The van der Waals surface area contributed by atoms with Crippen LogP contribution in [0.3, 0.4) is 0 Å². The number of hydrogen-bond donors (Lipinski definition) is 1. The monoisotopic (exact) mass is 277 g/mol. The Morgan fingerprint density at radius 3 is 2.95 bits per heavy atom. The number of hydrogen-bond acceptors (Lipinski definition) is 3. The number of nitrogens with one attached hydrogen (secondary N) is 1. The van der Waals surface area contributed by atoms with E-state index in [9.17, 15) is 0 Å². The summed E-state index contributed by atoms with van der Waals surface area (Å²) in [7, 11) is 3.78. The Hall–Kier alpha value is -1.06. The number of methoxy groups -OCH3 is 1. The van der Waals surface area contributed by atoms with Gasteiger partial charge in [0, 0.05) is 6.61 Å². The van der Waals surface area contributed by atoms with Crippen LogP contribution < -0.4 is 10.1 Å². The van der Waals surface area contributed by atoms with Crippen molar-refractivity contribution < 1.29 is 9.47 Å². The topological polar surface area (TPSA) is 30.5 Å². The van der Waals surface area contributed by atoms with Gasteiger partial charge in [-0.25, -0.2) is 0 Å². The Balaban J connectivity index is 1.90. The van der Waals surface area contributed by atoms with E-state index in [2.05, 4.69) is 17.4 Å². The minimum Gasteiger partial charge on any atom is -0.496 e. The number of benzene rings is 1. The summed E-state index contributed by atoms with van der Waals surface area (Å²) in [5.74, 6) is 1.64. The third-order valence-corrected chi connectivity index (χ3v) is 4.11. The molecule has 2 atom stereocenters. The Labute approximate surface area is 122 Å². The van der Waals surface area contributed by atoms with E-state index < -0.39 is 0 Å². The summed E-state index contributed by atoms with van der Waals surface area (Å²) in [6.45, 7) is 2.00. The largest absolute Gasteiger partial charge is 0.496 e. The molecule has 0 amide bonds. The number of para-hydroxylation sites is 1. The standard InChI is InChI=1S/C17H27NO2/c1-18-13-14(9-10-16-7-5-11-20-16)12-15-6-3-4-8-17(15)19-2/h3-4,6,8,14,16,18H,5,7,9-13H2,1-2H3. The number of ether oxygens (including phenoxy) is 2. The zero-order valence-corrected chi connectivity index (χ0v) is 12.7. The normalized spacial score (nSPS) is 20.0. The Kier molecular flexibility index (Phi) is 6.34. The summed E-state index contributed by atoms with van der Waals surface area (Å²) in [5.41, 5.74) is 1.31. The minimum atomic E-state index is 0.493. The smallest absolute Gasteiger partial charge is 0.122 e. The molecule has 1 N–H and O–H groups in total. The second-order valence-electron chi connectivity index (χ2n) is 5.65. The zero-order valence-electron chi connectivity index (χ0n) is 12.7. The predicted molar refractivity (Wildman–Crippen MR) is 82.3 cm³/mol. The average Bonchev–Trinajstić information content (AvgIpc) is 2.99. The van der Waals surface area contributed by atoms with Crippen molar-refractivity contribution in [3.05, 3.63) is 29.8 Å². The molecular weight excluding hydrogens is 250 g/mol. The van der Waals surface area contributed by atoms with Crippen LogP contribution in [-0.4, -0.2) is 33.4 Å². The lowest BCUT2D eigenvalue weighted by Gasteiger charge is -2.20. The molecule has 0 spiro atoms. The van der Waals surface area contributed by atoms with E-state index in [0.717, 1.165) is 25.3 Å². The molecule has 0 aromatic heterocycles. The van der Waals surface area contributed by atoms with Gasteiger partial charge in [0.2, 0.25) is 0 Å². The van der Waals surface area contributed by atoms with Crippen LogP contribution in [0.1, 0.15) is 31.2 Å². The van der Waals surface area contributed by atoms with Crippen molar-refractivity contribution in [1.29, 1.82) is 0 Å². The Morgan fingerprint density at radius 1 is 1.40 bits per heavy atom. The van der Waals surface area contributed by atoms with Crippen LogP contribution in [0.25, 0.3) is 0 Å². The number of rotatable bonds is 8. The van der Waals surface area contributed by atoms with Crippen molar-refractivity contribution in [2.24, 2.45) is 5.92 Å². The van der Waals surface area contributed by atoms with E-state index in [4.69, 9.17) is 9.47 Å². The van der Waals surface area contributed by atoms with Crippen molar-refractivity contribution in [3.8, 4) is 5.75 Å². The summed E-state index contributed by atoms with van der Waals surface area (Å²) in [4.78, 5) is 0. The molecule has 0 radical (unpaired) electrons. The molecule has 1 saturated heterocycles. The van der Waals surface area contributed by atoms with Crippen molar-refractivity contribution >= 4 is 0 Å². The zero-order chi connectivity index (χ0) is 14.2. The molecule has 3 nitrogen and oxygen atoms in total. The molecule has 20 heavy (non-hydrogen) atoms. The summed E-state index contributed by atoms with van der Waals surface area (Å²) < 4.78 is 11.2. The van der Waals surface area contributed by atoms with Gasteiger partial charge < -0.3 is 14.8 Å². The van der Waals surface area contributed by atoms with Gasteiger partial charge in [0.05, 0.1) is 13.2 Å². The maximum atomic E-state index is 5.73. The molecular formula is C17H27NO2. The molecule has 3 heteroatoms. The van der Waals surface area contributed by atoms with Crippen LogP contribution in [0, 0.1) is 5.92 Å². The highest BCUT2D eigenvalue weighted by Crippen LogP contribution is 2.25. The van der Waals surface area contributed by atoms with Gasteiger partial charge in [-0.3, -0.25) is 0 Å². The molecule has 112 valence electrons. The first-order valence-electron chi connectivity index (χ1n) is 7.71. The van der Waals surface area contributed by atoms with E-state index >= 15 is 0 Å². The highest BCUT2D eigenvalue weighted by Gasteiger charge is 2.18. The quantitative estimate of drug-likeness (QED) is 0.792. The molecule has 1 fully saturated rings. The lowest BCUT2D eigenvalue weighted by atomic mass is 9.92. The molecule has 0 bridgehead atoms. The molecule has 1 heterocycles. The maximum absolute atomic E-state index is 5.73. The van der Waals surface area contributed by atoms with E-state index in [-0.39, 0.29) is 0 Å². The van der Waals surface area contributed by atoms with Crippen LogP contribution in [0.5, 0.6) is 5.75 Å². The lowest BCUT2D eigenvalue weighted by molar-refractivity contribution is 0.0980. The van der Waals surface area contributed by atoms with Gasteiger partial charge in [-0.1, -0.05) is 18.2 Å². The van der Waals surface area contributed by atoms with Crippen LogP contribution in [0.4, 0.5) is 0 Å². The van der Waals surface area contributed by atoms with Gasteiger partial charge in [-0.2, -0.15) is 0 Å². The molecule has 1 aromatic carbocycles. The molecule has 1 aliphatic heterocycles. The second-order valence-corrected chi connectivity index (χ2v) is 5.65. The Morgan fingerprint density at radius 2 is 2.25 bits per heavy atom. The van der Waals surface area contributed by atoms with E-state index in [0.29, 0.717) is 12.0 Å². The van der Waals surface area contributed by atoms with Crippen molar-refractivity contribution in [2.45, 2.75) is 38.2 Å². The molecule has 0 saturated carbocycles. The fourth-order valence-electron chi connectivity index (χ4n) is 3.04. The fraction of sp³-hybridized carbons (Fsp3) is 0.647. The summed E-state index contributed by atoms with van der Waals surface area (Å²) in [6.07, 6.45) is 6.42. The van der Waals surface area contributed by atoms with Crippen LogP contribution in [-0.2, 0) is 11.2 Å². The molecule has 1 aliphatic rings. The van der Waals surface area contributed by atoms with Gasteiger partial charge in [0.25, 0.3) is 0 Å². The van der Waals surface area contributed by atoms with Gasteiger partial charge in [-0.15, -0.1) is 0 Å². The van der Waals surface area contributed by atoms with Crippen molar-refractivity contribution in [3.63, 3.8) is 0 Å². The van der Waals surface area contributed by atoms with Crippen LogP contribution >= 0.6 is 0 Å². The third-order valence-electron chi connectivity index (χ3n) is 4.11. The summed E-state index contributed by atoms with van der Waals surface area (Å²) in [6, 6.07) is 8.34. The van der Waals surface area contributed by atoms with Crippen LogP contribution in [0.15, 0.2) is 24.3 Å². The summed E-state index contributed by atoms with van der Waals surface area (Å²) in [5, 5.41) is 3.32. The van der Waals surface area contributed by atoms with Gasteiger partial charge in [0.15, 0.2) is 0 Å². The first-order chi connectivity index (χ1) is 9.83. The first-order valence-corrected chi connectivity index (χ1v) is 7.71. The molecule has 1 aromatic rings. The molecule has 2 rings (SSSR count). The van der Waals surface area contributed by atoms with Gasteiger partial charge in [-0.05, 0) is 63.2 Å². The molecule has 0 aliphatic carbocycles. The second kappa shape index (κ2) is 8.28. The SMILES string of the molecule is CNCC(CCC1CCCO1)Cc1ccccc1OC. The van der Waals surface area contributed by atoms with E-state index in [1.165, 1.54) is 31.2 Å². The first kappa shape index (κ1) is 15.3. The average molecular weight is 277 g/mol. The molecule has 2 unspecified atom stereocenters. The fourth-order valence-corrected chi connectivity index (χ4v) is 3.04. The lowest BCUT2D eigenvalue weighted by Crippen LogP contribution is -2.22. The summed E-state index contributed by atoms with van der Waals surface area (Å²) >= 11 is 0. The highest BCUT2D eigenvalue weighted by atomic mass is 16.5.